The van der Waals surface area contributed by atoms with E-state index >= 15 is 0 Å². The Hall–Kier alpha value is -0.960. The van der Waals surface area contributed by atoms with Gasteiger partial charge in [0.15, 0.2) is 0 Å². The highest BCUT2D eigenvalue weighted by molar-refractivity contribution is 5.50. The van der Waals surface area contributed by atoms with Crippen molar-refractivity contribution in [2.75, 3.05) is 0 Å². The van der Waals surface area contributed by atoms with E-state index in [2.05, 4.69) is 53.5 Å². The third kappa shape index (κ3) is 2.53. The van der Waals surface area contributed by atoms with Crippen molar-refractivity contribution in [1.82, 2.24) is 0 Å². The first-order chi connectivity index (χ1) is 6.66. The maximum atomic E-state index is 5.59. The van der Waals surface area contributed by atoms with Crippen molar-refractivity contribution in [3.05, 3.63) is 22.8 Å². The first kappa shape index (κ1) is 12.1. The van der Waals surface area contributed by atoms with Gasteiger partial charge < -0.3 is 0 Å². The van der Waals surface area contributed by atoms with E-state index in [4.69, 9.17) is 6.42 Å². The Morgan fingerprint density at radius 2 is 1.60 bits per heavy atom. The van der Waals surface area contributed by atoms with Crippen molar-refractivity contribution in [2.24, 2.45) is 10.8 Å². The van der Waals surface area contributed by atoms with Crippen LogP contribution in [0.15, 0.2) is 22.8 Å². The summed E-state index contributed by atoms with van der Waals surface area (Å²) in [6.45, 7) is 13.4. The minimum absolute atomic E-state index is 0.161. The molecule has 0 nitrogen and oxygen atoms in total. The van der Waals surface area contributed by atoms with Crippen LogP contribution in [0.25, 0.3) is 0 Å². The predicted molar refractivity (Wildman–Crippen MR) is 67.5 cm³/mol. The fourth-order valence-electron chi connectivity index (χ4n) is 1.88. The lowest BCUT2D eigenvalue weighted by atomic mass is 9.84. The molecule has 1 rings (SSSR count). The Morgan fingerprint density at radius 3 is 1.87 bits per heavy atom. The van der Waals surface area contributed by atoms with E-state index in [1.807, 2.05) is 0 Å². The van der Waals surface area contributed by atoms with Gasteiger partial charge in [0.05, 0.1) is 0 Å². The lowest BCUT2D eigenvalue weighted by Crippen LogP contribution is -2.09. The molecule has 0 aliphatic heterocycles. The molecule has 0 amide bonds. The molecule has 0 bridgehead atoms. The van der Waals surface area contributed by atoms with Crippen LogP contribution in [0, 0.1) is 23.2 Å². The first-order valence-electron chi connectivity index (χ1n) is 5.57. The van der Waals surface area contributed by atoms with Gasteiger partial charge in [-0.1, -0.05) is 59.1 Å². The second-order valence-electron chi connectivity index (χ2n) is 6.38. The second-order valence-corrected chi connectivity index (χ2v) is 6.38. The molecular weight excluding hydrogens is 180 g/mol. The molecule has 0 saturated carbocycles. The molecule has 0 atom stereocenters. The fourth-order valence-corrected chi connectivity index (χ4v) is 1.88. The highest BCUT2D eigenvalue weighted by Crippen LogP contribution is 2.42. The maximum absolute atomic E-state index is 5.59. The van der Waals surface area contributed by atoms with Crippen molar-refractivity contribution in [3.63, 3.8) is 0 Å². The topological polar surface area (TPSA) is 0 Å². The summed E-state index contributed by atoms with van der Waals surface area (Å²) in [4.78, 5) is 0. The van der Waals surface area contributed by atoms with E-state index in [1.54, 1.807) is 0 Å². The largest absolute Gasteiger partial charge is 0.115 e. The van der Waals surface area contributed by atoms with Gasteiger partial charge in [0.25, 0.3) is 0 Å². The third-order valence-corrected chi connectivity index (χ3v) is 2.96. The van der Waals surface area contributed by atoms with Crippen molar-refractivity contribution in [3.8, 4) is 12.3 Å². The normalized spacial score (nSPS) is 17.8. The highest BCUT2D eigenvalue weighted by atomic mass is 14.3. The van der Waals surface area contributed by atoms with Crippen LogP contribution in [-0.2, 0) is 0 Å². The molecule has 0 spiro atoms. The van der Waals surface area contributed by atoms with Gasteiger partial charge in [0.2, 0.25) is 0 Å². The minimum atomic E-state index is 0.161. The van der Waals surface area contributed by atoms with E-state index in [1.165, 1.54) is 16.7 Å². The SMILES string of the molecule is C#CC1=C(C(C)(C)C)C=C(C(C)(C)C)C1. The molecule has 0 saturated heterocycles. The van der Waals surface area contributed by atoms with Crippen molar-refractivity contribution >= 4 is 0 Å². The molecule has 82 valence electrons. The van der Waals surface area contributed by atoms with Crippen molar-refractivity contribution in [2.45, 2.75) is 48.0 Å². The Balaban J connectivity index is 3.11. The van der Waals surface area contributed by atoms with Gasteiger partial charge in [0, 0.05) is 12.0 Å². The van der Waals surface area contributed by atoms with E-state index in [9.17, 15) is 0 Å². The first-order valence-corrected chi connectivity index (χ1v) is 5.57. The average molecular weight is 202 g/mol. The molecule has 0 aromatic rings. The molecule has 0 heteroatoms. The van der Waals surface area contributed by atoms with E-state index in [0.29, 0.717) is 0 Å². The summed E-state index contributed by atoms with van der Waals surface area (Å²) in [6.07, 6.45) is 8.86. The summed E-state index contributed by atoms with van der Waals surface area (Å²) >= 11 is 0. The molecule has 0 N–H and O–H groups in total. The highest BCUT2D eigenvalue weighted by Gasteiger charge is 2.28. The van der Waals surface area contributed by atoms with Gasteiger partial charge in [-0.2, -0.15) is 0 Å². The summed E-state index contributed by atoms with van der Waals surface area (Å²) in [5, 5.41) is 0. The number of terminal acetylenes is 1. The monoisotopic (exact) mass is 202 g/mol. The molecule has 0 radical (unpaired) electrons. The minimum Gasteiger partial charge on any atom is -0.115 e. The zero-order chi connectivity index (χ0) is 11.9. The molecule has 1 aliphatic rings. The average Bonchev–Trinajstić information content (AvgIpc) is 2.44. The number of allylic oxidation sites excluding steroid dienone is 4. The number of rotatable bonds is 0. The van der Waals surface area contributed by atoms with Crippen LogP contribution in [0.1, 0.15) is 48.0 Å². The van der Waals surface area contributed by atoms with E-state index < -0.39 is 0 Å². The Morgan fingerprint density at radius 1 is 1.07 bits per heavy atom. The quantitative estimate of drug-likeness (QED) is 0.513. The van der Waals surface area contributed by atoms with Gasteiger partial charge in [-0.15, -0.1) is 6.42 Å². The van der Waals surface area contributed by atoms with Crippen molar-refractivity contribution < 1.29 is 0 Å². The fraction of sp³-hybridized carbons (Fsp3) is 0.600. The summed E-state index contributed by atoms with van der Waals surface area (Å²) in [7, 11) is 0. The second kappa shape index (κ2) is 3.56. The summed E-state index contributed by atoms with van der Waals surface area (Å²) in [5.74, 6) is 2.85. The third-order valence-electron chi connectivity index (χ3n) is 2.96. The van der Waals surface area contributed by atoms with Gasteiger partial charge >= 0.3 is 0 Å². The lowest BCUT2D eigenvalue weighted by Gasteiger charge is -2.21. The molecule has 0 aromatic heterocycles. The van der Waals surface area contributed by atoms with Gasteiger partial charge in [0.1, 0.15) is 0 Å². The Labute approximate surface area is 94.5 Å². The standard InChI is InChI=1S/C15H22/c1-8-11-9-12(14(2,3)4)10-13(11)15(5,6)7/h1,10H,9H2,2-7H3. The number of hydrogen-bond acceptors (Lipinski definition) is 0. The predicted octanol–water partition coefficient (Wildman–Crippen LogP) is 4.34. The van der Waals surface area contributed by atoms with E-state index in [-0.39, 0.29) is 10.8 Å². The number of hydrogen-bond donors (Lipinski definition) is 0. The van der Waals surface area contributed by atoms with Gasteiger partial charge in [-0.25, -0.2) is 0 Å². The van der Waals surface area contributed by atoms with Crippen LogP contribution >= 0.6 is 0 Å². The summed E-state index contributed by atoms with van der Waals surface area (Å²) in [5.41, 5.74) is 4.37. The van der Waals surface area contributed by atoms with Crippen LogP contribution in [0.2, 0.25) is 0 Å². The Bertz CT molecular complexity index is 356. The molecule has 0 unspecified atom stereocenters. The van der Waals surface area contributed by atoms with Crippen LogP contribution < -0.4 is 0 Å². The zero-order valence-corrected chi connectivity index (χ0v) is 10.9. The smallest absolute Gasteiger partial charge is 0.00957 e. The molecular formula is C15H22. The van der Waals surface area contributed by atoms with Crippen LogP contribution in [0.3, 0.4) is 0 Å². The summed E-state index contributed by atoms with van der Waals surface area (Å²) in [6, 6.07) is 0. The molecule has 0 aromatic carbocycles. The van der Waals surface area contributed by atoms with Crippen LogP contribution in [-0.4, -0.2) is 0 Å². The van der Waals surface area contributed by atoms with Crippen LogP contribution in [0.4, 0.5) is 0 Å². The zero-order valence-electron chi connectivity index (χ0n) is 10.9. The van der Waals surface area contributed by atoms with Gasteiger partial charge in [-0.05, 0) is 16.4 Å². The summed E-state index contributed by atoms with van der Waals surface area (Å²) < 4.78 is 0. The molecule has 15 heavy (non-hydrogen) atoms. The molecule has 0 heterocycles. The van der Waals surface area contributed by atoms with Crippen molar-refractivity contribution in [1.29, 1.82) is 0 Å². The van der Waals surface area contributed by atoms with Gasteiger partial charge in [-0.3, -0.25) is 0 Å². The molecule has 0 fully saturated rings. The molecule has 1 aliphatic carbocycles. The maximum Gasteiger partial charge on any atom is 0.00957 e. The van der Waals surface area contributed by atoms with E-state index in [0.717, 1.165) is 6.42 Å². The lowest BCUT2D eigenvalue weighted by molar-refractivity contribution is 0.493. The Kier molecular flexibility index (Phi) is 2.88. The van der Waals surface area contributed by atoms with Crippen LogP contribution in [0.5, 0.6) is 0 Å².